The van der Waals surface area contributed by atoms with E-state index < -0.39 is 5.54 Å². The zero-order valence-corrected chi connectivity index (χ0v) is 12.5. The quantitative estimate of drug-likeness (QED) is 0.837. The van der Waals surface area contributed by atoms with Gasteiger partial charge in [0.05, 0.1) is 11.8 Å². The summed E-state index contributed by atoms with van der Waals surface area (Å²) in [5, 5.41) is 13.3. The molecule has 1 aromatic rings. The molecule has 0 spiro atoms. The predicted octanol–water partition coefficient (Wildman–Crippen LogP) is 3.08. The molecule has 1 aromatic carbocycles. The first-order valence-electron chi connectivity index (χ1n) is 7.87. The fourth-order valence-electron chi connectivity index (χ4n) is 3.00. The van der Waals surface area contributed by atoms with Crippen molar-refractivity contribution < 1.29 is 4.39 Å². The molecule has 1 unspecified atom stereocenters. The summed E-state index contributed by atoms with van der Waals surface area (Å²) >= 11 is 0. The van der Waals surface area contributed by atoms with Gasteiger partial charge in [-0.15, -0.1) is 0 Å². The monoisotopic (exact) mass is 287 g/mol. The molecule has 0 heterocycles. The van der Waals surface area contributed by atoms with Gasteiger partial charge in [0.25, 0.3) is 0 Å². The number of nitrogens with one attached hydrogen (secondary N) is 1. The van der Waals surface area contributed by atoms with Gasteiger partial charge in [0, 0.05) is 19.1 Å². The average Bonchev–Trinajstić information content (AvgIpc) is 3.38. The molecule has 2 aliphatic carbocycles. The van der Waals surface area contributed by atoms with Crippen molar-refractivity contribution in [1.82, 2.24) is 5.32 Å². The molecule has 0 saturated heterocycles. The van der Waals surface area contributed by atoms with Gasteiger partial charge in [0.15, 0.2) is 0 Å². The number of benzene rings is 1. The summed E-state index contributed by atoms with van der Waals surface area (Å²) in [4.78, 5) is 1.99. The lowest BCUT2D eigenvalue weighted by molar-refractivity contribution is 0.360. The minimum absolute atomic E-state index is 0.214. The Morgan fingerprint density at radius 1 is 1.33 bits per heavy atom. The first-order valence-corrected chi connectivity index (χ1v) is 7.87. The van der Waals surface area contributed by atoms with Crippen LogP contribution in [0.15, 0.2) is 24.3 Å². The Morgan fingerprint density at radius 3 is 2.57 bits per heavy atom. The van der Waals surface area contributed by atoms with Crippen LogP contribution in [0.4, 0.5) is 10.1 Å². The SMILES string of the molecule is CCN(CC(C#N)(NC1CC1)C1CC1)c1ccccc1F. The molecule has 2 aliphatic rings. The van der Waals surface area contributed by atoms with Crippen molar-refractivity contribution in [2.24, 2.45) is 5.92 Å². The van der Waals surface area contributed by atoms with Crippen LogP contribution in [0.3, 0.4) is 0 Å². The molecule has 3 rings (SSSR count). The lowest BCUT2D eigenvalue weighted by Crippen LogP contribution is -2.55. The summed E-state index contributed by atoms with van der Waals surface area (Å²) in [6, 6.07) is 9.83. The number of rotatable bonds is 7. The van der Waals surface area contributed by atoms with Crippen LogP contribution in [0.1, 0.15) is 32.6 Å². The predicted molar refractivity (Wildman–Crippen MR) is 81.5 cm³/mol. The second kappa shape index (κ2) is 5.65. The molecule has 21 heavy (non-hydrogen) atoms. The zero-order chi connectivity index (χ0) is 14.9. The van der Waals surface area contributed by atoms with Gasteiger partial charge >= 0.3 is 0 Å². The topological polar surface area (TPSA) is 39.1 Å². The second-order valence-electron chi connectivity index (χ2n) is 6.24. The maximum absolute atomic E-state index is 14.1. The van der Waals surface area contributed by atoms with Gasteiger partial charge in [-0.05, 0) is 50.7 Å². The third-order valence-corrected chi connectivity index (χ3v) is 4.53. The van der Waals surface area contributed by atoms with Crippen LogP contribution < -0.4 is 10.2 Å². The first-order chi connectivity index (χ1) is 10.2. The summed E-state index contributed by atoms with van der Waals surface area (Å²) in [7, 11) is 0. The molecule has 1 N–H and O–H groups in total. The number of anilines is 1. The van der Waals surface area contributed by atoms with Crippen LogP contribution in [0.5, 0.6) is 0 Å². The van der Waals surface area contributed by atoms with Crippen molar-refractivity contribution in [3.63, 3.8) is 0 Å². The number of halogens is 1. The second-order valence-corrected chi connectivity index (χ2v) is 6.24. The van der Waals surface area contributed by atoms with Crippen molar-refractivity contribution in [2.75, 3.05) is 18.0 Å². The first kappa shape index (κ1) is 14.3. The van der Waals surface area contributed by atoms with Crippen molar-refractivity contribution in [3.05, 3.63) is 30.1 Å². The Labute approximate surface area is 125 Å². The molecular weight excluding hydrogens is 265 g/mol. The van der Waals surface area contributed by atoms with Gasteiger partial charge in [-0.2, -0.15) is 5.26 Å². The van der Waals surface area contributed by atoms with Crippen molar-refractivity contribution >= 4 is 5.69 Å². The van der Waals surface area contributed by atoms with E-state index in [9.17, 15) is 9.65 Å². The number of nitriles is 1. The number of nitrogens with zero attached hydrogens (tertiary/aromatic N) is 2. The van der Waals surface area contributed by atoms with Gasteiger partial charge in [-0.3, -0.25) is 5.32 Å². The minimum atomic E-state index is -0.528. The molecule has 2 fully saturated rings. The van der Waals surface area contributed by atoms with E-state index in [0.717, 1.165) is 25.7 Å². The molecule has 1 atom stereocenters. The number of hydrogen-bond acceptors (Lipinski definition) is 3. The Bertz CT molecular complexity index is 545. The van der Waals surface area contributed by atoms with Crippen LogP contribution >= 0.6 is 0 Å². The fraction of sp³-hybridized carbons (Fsp3) is 0.588. The Hall–Kier alpha value is -1.60. The highest BCUT2D eigenvalue weighted by Gasteiger charge is 2.49. The van der Waals surface area contributed by atoms with E-state index in [2.05, 4.69) is 11.4 Å². The standard InChI is InChI=1S/C17H22FN3/c1-2-21(16-6-4-3-5-15(16)18)12-17(11-19,13-7-8-13)20-14-9-10-14/h3-6,13-14,20H,2,7-10,12H2,1H3. The molecule has 112 valence electrons. The third-order valence-electron chi connectivity index (χ3n) is 4.53. The maximum atomic E-state index is 14.1. The molecule has 3 nitrogen and oxygen atoms in total. The molecule has 0 radical (unpaired) electrons. The van der Waals surface area contributed by atoms with Gasteiger partial charge in [0.2, 0.25) is 0 Å². The molecular formula is C17H22FN3. The summed E-state index contributed by atoms with van der Waals surface area (Å²) in [5.41, 5.74) is 0.0669. The zero-order valence-electron chi connectivity index (χ0n) is 12.5. The van der Waals surface area contributed by atoms with Crippen LogP contribution in [0, 0.1) is 23.1 Å². The minimum Gasteiger partial charge on any atom is -0.367 e. The van der Waals surface area contributed by atoms with Crippen molar-refractivity contribution in [3.8, 4) is 6.07 Å². The molecule has 0 aliphatic heterocycles. The number of para-hydroxylation sites is 1. The summed E-state index contributed by atoms with van der Waals surface area (Å²) in [6.07, 6.45) is 4.51. The number of hydrogen-bond donors (Lipinski definition) is 1. The molecule has 4 heteroatoms. The highest BCUT2D eigenvalue weighted by atomic mass is 19.1. The van der Waals surface area contributed by atoms with Crippen LogP contribution in [-0.2, 0) is 0 Å². The Kier molecular flexibility index (Phi) is 3.86. The van der Waals surface area contributed by atoms with E-state index in [1.54, 1.807) is 12.1 Å². The van der Waals surface area contributed by atoms with Gasteiger partial charge in [0.1, 0.15) is 11.4 Å². The normalized spacial score (nSPS) is 20.6. The van der Waals surface area contributed by atoms with Crippen LogP contribution in [0.25, 0.3) is 0 Å². The van der Waals surface area contributed by atoms with E-state index in [1.165, 1.54) is 6.07 Å². The number of likely N-dealkylation sites (N-methyl/N-ethyl adjacent to an activating group) is 1. The lowest BCUT2D eigenvalue weighted by Gasteiger charge is -2.35. The van der Waals surface area contributed by atoms with Crippen LogP contribution in [0.2, 0.25) is 0 Å². The summed E-state index contributed by atoms with van der Waals surface area (Å²) in [5.74, 6) is 0.192. The Morgan fingerprint density at radius 2 is 2.05 bits per heavy atom. The van der Waals surface area contributed by atoms with E-state index >= 15 is 0 Å². The van der Waals surface area contributed by atoms with Crippen LogP contribution in [-0.4, -0.2) is 24.7 Å². The molecule has 2 saturated carbocycles. The van der Waals surface area contributed by atoms with E-state index in [-0.39, 0.29) is 5.82 Å². The lowest BCUT2D eigenvalue weighted by atomic mass is 9.93. The fourth-order valence-corrected chi connectivity index (χ4v) is 3.00. The maximum Gasteiger partial charge on any atom is 0.146 e. The van der Waals surface area contributed by atoms with E-state index in [4.69, 9.17) is 0 Å². The summed E-state index contributed by atoms with van der Waals surface area (Å²) < 4.78 is 14.1. The van der Waals surface area contributed by atoms with E-state index in [1.807, 2.05) is 17.9 Å². The highest BCUT2D eigenvalue weighted by Crippen LogP contribution is 2.42. The molecule has 0 amide bonds. The average molecular weight is 287 g/mol. The molecule has 0 aromatic heterocycles. The van der Waals surface area contributed by atoms with Gasteiger partial charge in [-0.25, -0.2) is 4.39 Å². The van der Waals surface area contributed by atoms with Crippen molar-refractivity contribution in [2.45, 2.75) is 44.2 Å². The van der Waals surface area contributed by atoms with Crippen molar-refractivity contribution in [1.29, 1.82) is 5.26 Å². The summed E-state index contributed by atoms with van der Waals surface area (Å²) in [6.45, 7) is 3.27. The largest absolute Gasteiger partial charge is 0.367 e. The van der Waals surface area contributed by atoms with Gasteiger partial charge < -0.3 is 4.90 Å². The smallest absolute Gasteiger partial charge is 0.146 e. The van der Waals surface area contributed by atoms with E-state index in [0.29, 0.717) is 30.7 Å². The third kappa shape index (κ3) is 3.03. The Balaban J connectivity index is 1.83. The highest BCUT2D eigenvalue weighted by molar-refractivity contribution is 5.48. The molecule has 0 bridgehead atoms. The van der Waals surface area contributed by atoms with Gasteiger partial charge in [-0.1, -0.05) is 12.1 Å².